The molecule has 9 heteroatoms. The van der Waals surface area contributed by atoms with Gasteiger partial charge < -0.3 is 19.8 Å². The fourth-order valence-corrected chi connectivity index (χ4v) is 10.0. The second kappa shape index (κ2) is 51.2. The number of carbonyl (C=O) groups is 1. The van der Waals surface area contributed by atoms with Crippen molar-refractivity contribution in [2.45, 2.75) is 321 Å². The maximum absolute atomic E-state index is 13.0. The van der Waals surface area contributed by atoms with Crippen LogP contribution in [0.25, 0.3) is 0 Å². The van der Waals surface area contributed by atoms with Gasteiger partial charge in [0, 0.05) is 6.42 Å². The van der Waals surface area contributed by atoms with E-state index in [4.69, 9.17) is 9.05 Å². The summed E-state index contributed by atoms with van der Waals surface area (Å²) in [4.78, 5) is 23.3. The Morgan fingerprint density at radius 2 is 0.794 bits per heavy atom. The predicted molar refractivity (Wildman–Crippen MR) is 295 cm³/mol. The number of aliphatic hydroxyl groups excluding tert-OH is 1. The Morgan fingerprint density at radius 3 is 1.13 bits per heavy atom. The zero-order valence-electron chi connectivity index (χ0n) is 46.4. The molecular formula is C59H120N2O6P+. The summed E-state index contributed by atoms with van der Waals surface area (Å²) in [6.07, 6.45) is 62.8. The number of quaternary nitrogens is 1. The minimum Gasteiger partial charge on any atom is -0.391 e. The van der Waals surface area contributed by atoms with Crippen LogP contribution in [-0.4, -0.2) is 73.4 Å². The van der Waals surface area contributed by atoms with Crippen molar-refractivity contribution >= 4 is 13.7 Å². The van der Waals surface area contributed by atoms with Crippen molar-refractivity contribution in [1.82, 2.24) is 5.32 Å². The van der Waals surface area contributed by atoms with Gasteiger partial charge in [0.15, 0.2) is 0 Å². The summed E-state index contributed by atoms with van der Waals surface area (Å²) in [6.45, 7) is 4.94. The van der Waals surface area contributed by atoms with Crippen molar-refractivity contribution in [3.05, 3.63) is 12.2 Å². The van der Waals surface area contributed by atoms with Crippen LogP contribution in [0.2, 0.25) is 0 Å². The van der Waals surface area contributed by atoms with E-state index in [1.54, 1.807) is 0 Å². The molecule has 8 nitrogen and oxygen atoms in total. The van der Waals surface area contributed by atoms with Crippen LogP contribution in [0.15, 0.2) is 12.2 Å². The zero-order valence-corrected chi connectivity index (χ0v) is 47.3. The molecule has 0 radical (unpaired) electrons. The average Bonchev–Trinajstić information content (AvgIpc) is 3.30. The number of nitrogens with zero attached hydrogens (tertiary/aromatic N) is 1. The molecule has 0 fully saturated rings. The van der Waals surface area contributed by atoms with E-state index in [-0.39, 0.29) is 19.1 Å². The Morgan fingerprint density at radius 1 is 0.485 bits per heavy atom. The summed E-state index contributed by atoms with van der Waals surface area (Å²) in [6, 6.07) is -0.757. The predicted octanol–water partition coefficient (Wildman–Crippen LogP) is 18.2. The van der Waals surface area contributed by atoms with Gasteiger partial charge in [-0.1, -0.05) is 276 Å². The molecule has 0 bridgehead atoms. The quantitative estimate of drug-likeness (QED) is 0.0243. The van der Waals surface area contributed by atoms with Gasteiger partial charge in [0.05, 0.1) is 39.9 Å². The lowest BCUT2D eigenvalue weighted by atomic mass is 10.0. The monoisotopic (exact) mass is 984 g/mol. The molecule has 0 aliphatic rings. The summed E-state index contributed by atoms with van der Waals surface area (Å²) in [7, 11) is 1.63. The Kier molecular flexibility index (Phi) is 50.6. The third kappa shape index (κ3) is 53.0. The van der Waals surface area contributed by atoms with Crippen LogP contribution < -0.4 is 5.32 Å². The lowest BCUT2D eigenvalue weighted by Crippen LogP contribution is -2.46. The molecule has 0 heterocycles. The molecule has 406 valence electrons. The number of likely N-dealkylation sites (N-methyl/N-ethyl adjacent to an activating group) is 1. The zero-order chi connectivity index (χ0) is 49.9. The molecule has 0 aromatic heterocycles. The maximum atomic E-state index is 13.0. The number of phosphoric ester groups is 1. The van der Waals surface area contributed by atoms with E-state index < -0.39 is 20.0 Å². The van der Waals surface area contributed by atoms with Crippen molar-refractivity contribution in [3.63, 3.8) is 0 Å². The van der Waals surface area contributed by atoms with Crippen LogP contribution in [0.3, 0.4) is 0 Å². The molecule has 0 saturated heterocycles. The molecule has 68 heavy (non-hydrogen) atoms. The molecule has 0 saturated carbocycles. The fourth-order valence-electron chi connectivity index (χ4n) is 9.28. The summed E-state index contributed by atoms with van der Waals surface area (Å²) >= 11 is 0. The molecule has 0 aliphatic carbocycles. The molecule has 0 aromatic carbocycles. The number of phosphoric acid groups is 1. The summed E-state index contributed by atoms with van der Waals surface area (Å²) in [5.41, 5.74) is 0. The standard InChI is InChI=1S/C59H119N2O6P/c1-6-8-10-12-14-16-18-20-22-24-25-26-27-28-29-30-31-32-33-34-35-37-39-41-43-45-47-49-51-53-59(63)60-57(56-67-68(64,65)66-55-54-61(3,4)5)58(62)52-50-48-46-44-42-40-38-36-23-21-19-17-15-13-11-9-7-2/h24-25,57-58,62H,6-23,26-56H2,1-5H3,(H-,60,63,64,65)/p+1/b25-24-. The first-order valence-corrected chi connectivity index (χ1v) is 31.5. The van der Waals surface area contributed by atoms with E-state index in [1.807, 2.05) is 21.1 Å². The summed E-state index contributed by atoms with van der Waals surface area (Å²) < 4.78 is 23.8. The van der Waals surface area contributed by atoms with Gasteiger partial charge in [-0.25, -0.2) is 4.57 Å². The molecule has 3 unspecified atom stereocenters. The highest BCUT2D eigenvalue weighted by Crippen LogP contribution is 2.43. The smallest absolute Gasteiger partial charge is 0.391 e. The highest BCUT2D eigenvalue weighted by atomic mass is 31.2. The van der Waals surface area contributed by atoms with Crippen molar-refractivity contribution in [2.24, 2.45) is 0 Å². The fraction of sp³-hybridized carbons (Fsp3) is 0.949. The van der Waals surface area contributed by atoms with Crippen LogP contribution in [0.1, 0.15) is 309 Å². The number of allylic oxidation sites excluding steroid dienone is 2. The highest BCUT2D eigenvalue weighted by Gasteiger charge is 2.28. The SMILES string of the molecule is CCCCCCCCCC/C=C\CCCCCCCCCCCCCCCCCCCC(=O)NC(COP(=O)(O)OCC[N+](C)(C)C)C(O)CCCCCCCCCCCCCCCCCCC. The third-order valence-electron chi connectivity index (χ3n) is 14.0. The molecule has 0 spiro atoms. The molecule has 3 atom stereocenters. The maximum Gasteiger partial charge on any atom is 0.472 e. The van der Waals surface area contributed by atoms with Gasteiger partial charge in [0.2, 0.25) is 5.91 Å². The van der Waals surface area contributed by atoms with Crippen molar-refractivity contribution in [1.29, 1.82) is 0 Å². The largest absolute Gasteiger partial charge is 0.472 e. The van der Waals surface area contributed by atoms with Crippen LogP contribution in [0, 0.1) is 0 Å². The number of amides is 1. The first-order valence-electron chi connectivity index (χ1n) is 30.1. The average molecular weight is 985 g/mol. The van der Waals surface area contributed by atoms with Gasteiger partial charge in [0.1, 0.15) is 13.2 Å². The Balaban J connectivity index is 4.05. The van der Waals surface area contributed by atoms with Gasteiger partial charge in [-0.05, 0) is 38.5 Å². The van der Waals surface area contributed by atoms with Crippen LogP contribution in [0.5, 0.6) is 0 Å². The first-order chi connectivity index (χ1) is 33.0. The molecule has 0 aromatic rings. The second-order valence-corrected chi connectivity index (χ2v) is 23.5. The number of nitrogens with one attached hydrogen (secondary N) is 1. The van der Waals surface area contributed by atoms with Gasteiger partial charge in [-0.3, -0.25) is 13.8 Å². The van der Waals surface area contributed by atoms with Crippen molar-refractivity contribution in [2.75, 3.05) is 40.9 Å². The van der Waals surface area contributed by atoms with E-state index >= 15 is 0 Å². The van der Waals surface area contributed by atoms with E-state index in [1.165, 1.54) is 244 Å². The van der Waals surface area contributed by atoms with Gasteiger partial charge in [-0.15, -0.1) is 0 Å². The number of unbranched alkanes of at least 4 members (excludes halogenated alkanes) is 41. The molecular weight excluding hydrogens is 864 g/mol. The number of hydrogen-bond acceptors (Lipinski definition) is 5. The van der Waals surface area contributed by atoms with Crippen LogP contribution >= 0.6 is 7.82 Å². The van der Waals surface area contributed by atoms with E-state index in [0.717, 1.165) is 38.5 Å². The molecule has 0 rings (SSSR count). The third-order valence-corrected chi connectivity index (χ3v) is 15.0. The number of carbonyl (C=O) groups excluding carboxylic acids is 1. The van der Waals surface area contributed by atoms with Crippen LogP contribution in [0.4, 0.5) is 0 Å². The molecule has 1 amide bonds. The normalized spacial score (nSPS) is 13.9. The van der Waals surface area contributed by atoms with E-state index in [0.29, 0.717) is 23.9 Å². The highest BCUT2D eigenvalue weighted by molar-refractivity contribution is 7.47. The number of hydrogen-bond donors (Lipinski definition) is 3. The second-order valence-electron chi connectivity index (χ2n) is 22.1. The van der Waals surface area contributed by atoms with Crippen molar-refractivity contribution < 1.29 is 32.9 Å². The van der Waals surface area contributed by atoms with Gasteiger partial charge in [-0.2, -0.15) is 0 Å². The molecule has 0 aliphatic heterocycles. The summed E-state index contributed by atoms with van der Waals surface area (Å²) in [5, 5.41) is 14.1. The lowest BCUT2D eigenvalue weighted by molar-refractivity contribution is -0.870. The molecule has 3 N–H and O–H groups in total. The minimum atomic E-state index is -4.32. The first kappa shape index (κ1) is 67.2. The Hall–Kier alpha value is -0.760. The topological polar surface area (TPSA) is 105 Å². The Labute approximate surface area is 424 Å². The van der Waals surface area contributed by atoms with Crippen molar-refractivity contribution in [3.8, 4) is 0 Å². The van der Waals surface area contributed by atoms with Gasteiger partial charge in [0.25, 0.3) is 0 Å². The number of aliphatic hydroxyl groups is 1. The van der Waals surface area contributed by atoms with Crippen LogP contribution in [-0.2, 0) is 18.4 Å². The van der Waals surface area contributed by atoms with E-state index in [2.05, 4.69) is 31.3 Å². The van der Waals surface area contributed by atoms with E-state index in [9.17, 15) is 19.4 Å². The Bertz CT molecular complexity index is 1120. The number of rotatable bonds is 56. The summed E-state index contributed by atoms with van der Waals surface area (Å²) in [5.74, 6) is -0.138. The minimum absolute atomic E-state index is 0.0779. The lowest BCUT2D eigenvalue weighted by Gasteiger charge is -2.26. The van der Waals surface area contributed by atoms with Gasteiger partial charge >= 0.3 is 7.82 Å².